The van der Waals surface area contributed by atoms with Gasteiger partial charge in [-0.2, -0.15) is 5.10 Å². The van der Waals surface area contributed by atoms with Gasteiger partial charge in [-0.05, 0) is 43.7 Å². The fraction of sp³-hybridized carbons (Fsp3) is 0.400. The first kappa shape index (κ1) is 15.4. The Morgan fingerprint density at radius 2 is 1.95 bits per heavy atom. The highest BCUT2D eigenvalue weighted by molar-refractivity contribution is 6.36. The second kappa shape index (κ2) is 6.61. The maximum atomic E-state index is 6.26. The van der Waals surface area contributed by atoms with Gasteiger partial charge in [-0.25, -0.2) is 0 Å². The SMILES string of the molecule is CCc1cc(C(Cc2c(Cl)cccc2Cl)NC)n(C)n1. The number of halogens is 2. The van der Waals surface area contributed by atoms with Crippen LogP contribution in [0.25, 0.3) is 0 Å². The van der Waals surface area contributed by atoms with Crippen LogP contribution < -0.4 is 5.32 Å². The molecule has 0 bridgehead atoms. The van der Waals surface area contributed by atoms with E-state index >= 15 is 0 Å². The first-order chi connectivity index (χ1) is 9.56. The number of hydrogen-bond donors (Lipinski definition) is 1. The van der Waals surface area contributed by atoms with E-state index in [0.29, 0.717) is 10.0 Å². The Labute approximate surface area is 129 Å². The van der Waals surface area contributed by atoms with E-state index in [1.165, 1.54) is 0 Å². The van der Waals surface area contributed by atoms with Gasteiger partial charge in [-0.15, -0.1) is 0 Å². The van der Waals surface area contributed by atoms with Gasteiger partial charge in [-0.1, -0.05) is 36.2 Å². The molecule has 3 nitrogen and oxygen atoms in total. The van der Waals surface area contributed by atoms with Gasteiger partial charge in [0.15, 0.2) is 0 Å². The van der Waals surface area contributed by atoms with Crippen molar-refractivity contribution < 1.29 is 0 Å². The zero-order chi connectivity index (χ0) is 14.7. The maximum Gasteiger partial charge on any atom is 0.0625 e. The zero-order valence-corrected chi connectivity index (χ0v) is 13.5. The van der Waals surface area contributed by atoms with E-state index in [1.807, 2.05) is 37.0 Å². The van der Waals surface area contributed by atoms with Crippen LogP contribution in [0.15, 0.2) is 24.3 Å². The molecular weight excluding hydrogens is 293 g/mol. The monoisotopic (exact) mass is 311 g/mol. The highest BCUT2D eigenvalue weighted by Gasteiger charge is 2.18. The Kier molecular flexibility index (Phi) is 5.08. The molecule has 1 aromatic carbocycles. The van der Waals surface area contributed by atoms with Crippen LogP contribution in [0.4, 0.5) is 0 Å². The third kappa shape index (κ3) is 3.17. The van der Waals surface area contributed by atoms with E-state index in [-0.39, 0.29) is 6.04 Å². The summed E-state index contributed by atoms with van der Waals surface area (Å²) < 4.78 is 1.92. The second-order valence-electron chi connectivity index (χ2n) is 4.78. The summed E-state index contributed by atoms with van der Waals surface area (Å²) in [5.74, 6) is 0. The number of aryl methyl sites for hydroxylation is 2. The van der Waals surface area contributed by atoms with Crippen LogP contribution in [-0.2, 0) is 19.9 Å². The van der Waals surface area contributed by atoms with Gasteiger partial charge in [-0.3, -0.25) is 4.68 Å². The molecule has 1 heterocycles. The highest BCUT2D eigenvalue weighted by Crippen LogP contribution is 2.29. The molecular formula is C15H19Cl2N3. The largest absolute Gasteiger partial charge is 0.311 e. The molecule has 0 saturated heterocycles. The lowest BCUT2D eigenvalue weighted by Gasteiger charge is -2.18. The Morgan fingerprint density at radius 1 is 1.30 bits per heavy atom. The van der Waals surface area contributed by atoms with Crippen molar-refractivity contribution in [1.29, 1.82) is 0 Å². The number of nitrogens with one attached hydrogen (secondary N) is 1. The molecule has 0 saturated carbocycles. The standard InChI is InChI=1S/C15H19Cl2N3/c1-4-10-8-15(20(3)19-10)14(18-2)9-11-12(16)6-5-7-13(11)17/h5-8,14,18H,4,9H2,1-3H3. The summed E-state index contributed by atoms with van der Waals surface area (Å²) >= 11 is 12.5. The molecule has 1 unspecified atom stereocenters. The summed E-state index contributed by atoms with van der Waals surface area (Å²) in [6, 6.07) is 7.87. The zero-order valence-electron chi connectivity index (χ0n) is 12.0. The summed E-state index contributed by atoms with van der Waals surface area (Å²) in [6.45, 7) is 2.10. The van der Waals surface area contributed by atoms with E-state index < -0.39 is 0 Å². The second-order valence-corrected chi connectivity index (χ2v) is 5.60. The highest BCUT2D eigenvalue weighted by atomic mass is 35.5. The van der Waals surface area contributed by atoms with Crippen LogP contribution in [0.5, 0.6) is 0 Å². The molecule has 0 spiro atoms. The van der Waals surface area contributed by atoms with Crippen molar-refractivity contribution in [3.8, 4) is 0 Å². The van der Waals surface area contributed by atoms with Gasteiger partial charge in [0.25, 0.3) is 0 Å². The molecule has 1 aromatic heterocycles. The third-order valence-electron chi connectivity index (χ3n) is 3.50. The van der Waals surface area contributed by atoms with Crippen molar-refractivity contribution in [2.75, 3.05) is 7.05 Å². The Hall–Kier alpha value is -1.03. The molecule has 1 N–H and O–H groups in total. The Balaban J connectivity index is 2.31. The lowest BCUT2D eigenvalue weighted by atomic mass is 10.0. The fourth-order valence-corrected chi connectivity index (χ4v) is 2.88. The van der Waals surface area contributed by atoms with Gasteiger partial charge in [0, 0.05) is 17.1 Å². The van der Waals surface area contributed by atoms with E-state index in [2.05, 4.69) is 23.4 Å². The molecule has 1 atom stereocenters. The van der Waals surface area contributed by atoms with Crippen LogP contribution in [0, 0.1) is 0 Å². The van der Waals surface area contributed by atoms with Gasteiger partial charge in [0.1, 0.15) is 0 Å². The molecule has 0 aliphatic heterocycles. The van der Waals surface area contributed by atoms with Crippen molar-refractivity contribution in [3.63, 3.8) is 0 Å². The molecule has 0 fully saturated rings. The van der Waals surface area contributed by atoms with Crippen molar-refractivity contribution in [3.05, 3.63) is 51.3 Å². The normalized spacial score (nSPS) is 12.7. The number of benzene rings is 1. The maximum absolute atomic E-state index is 6.26. The summed E-state index contributed by atoms with van der Waals surface area (Å²) in [4.78, 5) is 0. The molecule has 0 aliphatic carbocycles. The lowest BCUT2D eigenvalue weighted by molar-refractivity contribution is 0.537. The average Bonchev–Trinajstić information content (AvgIpc) is 2.80. The number of aromatic nitrogens is 2. The van der Waals surface area contributed by atoms with Gasteiger partial charge in [0.05, 0.1) is 17.4 Å². The van der Waals surface area contributed by atoms with E-state index in [1.54, 1.807) is 0 Å². The minimum Gasteiger partial charge on any atom is -0.311 e. The van der Waals surface area contributed by atoms with Crippen molar-refractivity contribution >= 4 is 23.2 Å². The topological polar surface area (TPSA) is 29.9 Å². The van der Waals surface area contributed by atoms with Crippen molar-refractivity contribution in [2.24, 2.45) is 7.05 Å². The quantitative estimate of drug-likeness (QED) is 0.910. The Bertz CT molecular complexity index is 573. The summed E-state index contributed by atoms with van der Waals surface area (Å²) in [6.07, 6.45) is 1.66. The molecule has 0 radical (unpaired) electrons. The first-order valence-electron chi connectivity index (χ1n) is 6.69. The molecule has 2 rings (SSSR count). The van der Waals surface area contributed by atoms with Crippen molar-refractivity contribution in [2.45, 2.75) is 25.8 Å². The molecule has 108 valence electrons. The van der Waals surface area contributed by atoms with E-state index in [4.69, 9.17) is 23.2 Å². The third-order valence-corrected chi connectivity index (χ3v) is 4.21. The van der Waals surface area contributed by atoms with Gasteiger partial charge >= 0.3 is 0 Å². The average molecular weight is 312 g/mol. The summed E-state index contributed by atoms with van der Waals surface area (Å²) in [5, 5.41) is 9.23. The minimum absolute atomic E-state index is 0.130. The Morgan fingerprint density at radius 3 is 2.45 bits per heavy atom. The van der Waals surface area contributed by atoms with Gasteiger partial charge < -0.3 is 5.32 Å². The first-order valence-corrected chi connectivity index (χ1v) is 7.45. The number of likely N-dealkylation sites (N-methyl/N-ethyl adjacent to an activating group) is 1. The van der Waals surface area contributed by atoms with Crippen LogP contribution in [-0.4, -0.2) is 16.8 Å². The van der Waals surface area contributed by atoms with E-state index in [0.717, 1.165) is 29.8 Å². The van der Waals surface area contributed by atoms with Crippen LogP contribution >= 0.6 is 23.2 Å². The number of hydrogen-bond acceptors (Lipinski definition) is 2. The predicted molar refractivity (Wildman–Crippen MR) is 84.6 cm³/mol. The fourth-order valence-electron chi connectivity index (χ4n) is 2.33. The summed E-state index contributed by atoms with van der Waals surface area (Å²) in [7, 11) is 3.90. The molecule has 20 heavy (non-hydrogen) atoms. The van der Waals surface area contributed by atoms with Gasteiger partial charge in [0.2, 0.25) is 0 Å². The lowest BCUT2D eigenvalue weighted by Crippen LogP contribution is -2.22. The predicted octanol–water partition coefficient (Wildman–Crippen LogP) is 3.79. The minimum atomic E-state index is 0.130. The molecule has 0 aliphatic rings. The molecule has 0 amide bonds. The number of rotatable bonds is 5. The summed E-state index contributed by atoms with van der Waals surface area (Å²) in [5.41, 5.74) is 3.20. The van der Waals surface area contributed by atoms with Crippen LogP contribution in [0.3, 0.4) is 0 Å². The van der Waals surface area contributed by atoms with Crippen molar-refractivity contribution in [1.82, 2.24) is 15.1 Å². The molecule has 2 aromatic rings. The number of nitrogens with zero attached hydrogens (tertiary/aromatic N) is 2. The smallest absolute Gasteiger partial charge is 0.0625 e. The van der Waals surface area contributed by atoms with Crippen LogP contribution in [0.1, 0.15) is 29.9 Å². The van der Waals surface area contributed by atoms with Crippen LogP contribution in [0.2, 0.25) is 10.0 Å². The molecule has 5 heteroatoms. The van der Waals surface area contributed by atoms with E-state index in [9.17, 15) is 0 Å².